The van der Waals surface area contributed by atoms with Crippen molar-refractivity contribution in [1.29, 1.82) is 0 Å². The molecular formula is C23H23N3O2. The van der Waals surface area contributed by atoms with Crippen LogP contribution in [0.4, 0.5) is 5.82 Å². The number of fused-ring (bicyclic) bond motifs is 1. The molecule has 0 aliphatic carbocycles. The van der Waals surface area contributed by atoms with Gasteiger partial charge in [0.2, 0.25) is 0 Å². The van der Waals surface area contributed by atoms with Crippen molar-refractivity contribution in [3.05, 3.63) is 83.7 Å². The maximum atomic E-state index is 5.74. The number of ether oxygens (including phenoxy) is 2. The van der Waals surface area contributed by atoms with E-state index in [0.29, 0.717) is 11.5 Å². The number of rotatable bonds is 6. The van der Waals surface area contributed by atoms with Crippen molar-refractivity contribution in [3.8, 4) is 11.5 Å². The molecule has 0 saturated heterocycles. The van der Waals surface area contributed by atoms with Crippen molar-refractivity contribution >= 4 is 16.7 Å². The summed E-state index contributed by atoms with van der Waals surface area (Å²) in [6.07, 6.45) is 1.78. The highest BCUT2D eigenvalue weighted by atomic mass is 16.5. The normalized spacial score (nSPS) is 12.0. The smallest absolute Gasteiger partial charge is 0.166 e. The summed E-state index contributed by atoms with van der Waals surface area (Å²) < 4.78 is 11.3. The molecule has 5 nitrogen and oxygen atoms in total. The molecule has 2 heterocycles. The molecule has 142 valence electrons. The molecule has 1 atom stereocenters. The summed E-state index contributed by atoms with van der Waals surface area (Å²) in [7, 11) is 3.32. The minimum absolute atomic E-state index is 0.170. The van der Waals surface area contributed by atoms with Gasteiger partial charge in [-0.1, -0.05) is 36.4 Å². The second kappa shape index (κ2) is 7.64. The van der Waals surface area contributed by atoms with E-state index in [4.69, 9.17) is 9.47 Å². The molecule has 2 aromatic carbocycles. The average Bonchev–Trinajstić information content (AvgIpc) is 3.07. The number of aromatic nitrogens is 2. The molecule has 0 aliphatic heterocycles. The van der Waals surface area contributed by atoms with Gasteiger partial charge < -0.3 is 19.8 Å². The highest BCUT2D eigenvalue weighted by molar-refractivity contribution is 5.86. The number of nitrogens with zero attached hydrogens (tertiary/aromatic N) is 1. The van der Waals surface area contributed by atoms with Gasteiger partial charge in [-0.15, -0.1) is 0 Å². The van der Waals surface area contributed by atoms with Gasteiger partial charge in [-0.3, -0.25) is 0 Å². The molecule has 0 spiro atoms. The number of hydrogen-bond acceptors (Lipinski definition) is 4. The van der Waals surface area contributed by atoms with Gasteiger partial charge in [0.25, 0.3) is 0 Å². The Morgan fingerprint density at radius 2 is 1.75 bits per heavy atom. The van der Waals surface area contributed by atoms with E-state index >= 15 is 0 Å². The van der Waals surface area contributed by atoms with E-state index in [2.05, 4.69) is 46.5 Å². The lowest BCUT2D eigenvalue weighted by Crippen LogP contribution is -2.15. The fourth-order valence-electron chi connectivity index (χ4n) is 3.71. The highest BCUT2D eigenvalue weighted by Gasteiger charge is 2.25. The van der Waals surface area contributed by atoms with Gasteiger partial charge in [0, 0.05) is 33.9 Å². The zero-order valence-electron chi connectivity index (χ0n) is 16.2. The van der Waals surface area contributed by atoms with Crippen LogP contribution in [0.25, 0.3) is 10.9 Å². The number of benzene rings is 2. The second-order valence-corrected chi connectivity index (χ2v) is 6.58. The number of para-hydroxylation sites is 2. The average molecular weight is 373 g/mol. The molecule has 2 N–H and O–H groups in total. The Balaban J connectivity index is 1.94. The van der Waals surface area contributed by atoms with Crippen molar-refractivity contribution in [2.45, 2.75) is 13.0 Å². The predicted molar refractivity (Wildman–Crippen MR) is 112 cm³/mol. The standard InChI is InChI=1S/C23H23N3O2/c1-15-21(16-9-4-5-11-18(16)25-15)22(26-20-13-6-7-14-24-20)17-10-8-12-19(27-2)23(17)28-3/h4-14,22,25H,1-3H3,(H,24,26). The van der Waals surface area contributed by atoms with E-state index in [1.54, 1.807) is 20.4 Å². The third-order valence-electron chi connectivity index (χ3n) is 4.93. The van der Waals surface area contributed by atoms with Crippen LogP contribution in [0.5, 0.6) is 11.5 Å². The van der Waals surface area contributed by atoms with Crippen LogP contribution in [0.3, 0.4) is 0 Å². The Hall–Kier alpha value is -3.47. The molecule has 0 saturated carbocycles. The van der Waals surface area contributed by atoms with E-state index in [1.807, 2.05) is 36.4 Å². The first kappa shape index (κ1) is 17.9. The lowest BCUT2D eigenvalue weighted by molar-refractivity contribution is 0.351. The number of anilines is 1. The summed E-state index contributed by atoms with van der Waals surface area (Å²) in [6.45, 7) is 2.09. The van der Waals surface area contributed by atoms with Crippen LogP contribution in [0.15, 0.2) is 66.9 Å². The number of pyridine rings is 1. The van der Waals surface area contributed by atoms with Gasteiger partial charge in [0.15, 0.2) is 11.5 Å². The van der Waals surface area contributed by atoms with Crippen molar-refractivity contribution < 1.29 is 9.47 Å². The van der Waals surface area contributed by atoms with Gasteiger partial charge >= 0.3 is 0 Å². The Kier molecular flexibility index (Phi) is 4.89. The first-order valence-corrected chi connectivity index (χ1v) is 9.18. The molecule has 28 heavy (non-hydrogen) atoms. The molecule has 1 unspecified atom stereocenters. The van der Waals surface area contributed by atoms with E-state index < -0.39 is 0 Å². The zero-order valence-corrected chi connectivity index (χ0v) is 16.2. The molecule has 0 radical (unpaired) electrons. The number of aromatic amines is 1. The van der Waals surface area contributed by atoms with Crippen LogP contribution < -0.4 is 14.8 Å². The molecule has 4 aromatic rings. The summed E-state index contributed by atoms with van der Waals surface area (Å²) in [6, 6.07) is 19.9. The predicted octanol–water partition coefficient (Wildman–Crippen LogP) is 5.09. The summed E-state index contributed by atoms with van der Waals surface area (Å²) in [5.74, 6) is 2.20. The molecular weight excluding hydrogens is 350 g/mol. The second-order valence-electron chi connectivity index (χ2n) is 6.58. The lowest BCUT2D eigenvalue weighted by Gasteiger charge is -2.24. The Bertz CT molecular complexity index is 1090. The third kappa shape index (κ3) is 3.16. The van der Waals surface area contributed by atoms with Gasteiger partial charge in [-0.05, 0) is 31.2 Å². The van der Waals surface area contributed by atoms with Crippen molar-refractivity contribution in [2.75, 3.05) is 19.5 Å². The maximum Gasteiger partial charge on any atom is 0.166 e. The fourth-order valence-corrected chi connectivity index (χ4v) is 3.71. The molecule has 5 heteroatoms. The monoisotopic (exact) mass is 373 g/mol. The molecule has 0 aliphatic rings. The molecule has 0 amide bonds. The van der Waals surface area contributed by atoms with Crippen LogP contribution in [0, 0.1) is 6.92 Å². The number of aryl methyl sites for hydroxylation is 1. The van der Waals surface area contributed by atoms with Gasteiger partial charge in [-0.25, -0.2) is 4.98 Å². The quantitative estimate of drug-likeness (QED) is 0.494. The Morgan fingerprint density at radius 3 is 2.50 bits per heavy atom. The summed E-state index contributed by atoms with van der Waals surface area (Å²) in [5, 5.41) is 4.76. The minimum atomic E-state index is -0.170. The van der Waals surface area contributed by atoms with E-state index in [-0.39, 0.29) is 6.04 Å². The summed E-state index contributed by atoms with van der Waals surface area (Å²) >= 11 is 0. The molecule has 0 fully saturated rings. The van der Waals surface area contributed by atoms with Crippen LogP contribution in [-0.4, -0.2) is 24.2 Å². The number of methoxy groups -OCH3 is 2. The Morgan fingerprint density at radius 1 is 0.929 bits per heavy atom. The maximum absolute atomic E-state index is 5.74. The van der Waals surface area contributed by atoms with Crippen LogP contribution >= 0.6 is 0 Å². The zero-order chi connectivity index (χ0) is 19.5. The van der Waals surface area contributed by atoms with Crippen LogP contribution in [0.1, 0.15) is 22.9 Å². The number of hydrogen-bond donors (Lipinski definition) is 2. The van der Waals surface area contributed by atoms with E-state index in [1.165, 1.54) is 5.39 Å². The minimum Gasteiger partial charge on any atom is -0.493 e. The van der Waals surface area contributed by atoms with Gasteiger partial charge in [-0.2, -0.15) is 0 Å². The molecule has 4 rings (SSSR count). The molecule has 0 bridgehead atoms. The summed E-state index contributed by atoms with van der Waals surface area (Å²) in [5.41, 5.74) is 4.34. The van der Waals surface area contributed by atoms with E-state index in [9.17, 15) is 0 Å². The lowest BCUT2D eigenvalue weighted by atomic mass is 9.94. The Labute approximate surface area is 164 Å². The van der Waals surface area contributed by atoms with Crippen LogP contribution in [0.2, 0.25) is 0 Å². The summed E-state index contributed by atoms with van der Waals surface area (Å²) in [4.78, 5) is 7.97. The van der Waals surface area contributed by atoms with Gasteiger partial charge in [0.05, 0.1) is 20.3 Å². The van der Waals surface area contributed by atoms with Crippen molar-refractivity contribution in [3.63, 3.8) is 0 Å². The first-order chi connectivity index (χ1) is 13.7. The van der Waals surface area contributed by atoms with Crippen molar-refractivity contribution in [2.24, 2.45) is 0 Å². The number of nitrogens with one attached hydrogen (secondary N) is 2. The largest absolute Gasteiger partial charge is 0.493 e. The molecule has 2 aromatic heterocycles. The van der Waals surface area contributed by atoms with Gasteiger partial charge in [0.1, 0.15) is 5.82 Å². The topological polar surface area (TPSA) is 59.2 Å². The number of H-pyrrole nitrogens is 1. The fraction of sp³-hybridized carbons (Fsp3) is 0.174. The highest BCUT2D eigenvalue weighted by Crippen LogP contribution is 2.41. The van der Waals surface area contributed by atoms with Crippen LogP contribution in [-0.2, 0) is 0 Å². The third-order valence-corrected chi connectivity index (χ3v) is 4.93. The SMILES string of the molecule is COc1cccc(C(Nc2ccccn2)c2c(C)[nH]c3ccccc23)c1OC. The first-order valence-electron chi connectivity index (χ1n) is 9.18. The van der Waals surface area contributed by atoms with Crippen molar-refractivity contribution in [1.82, 2.24) is 9.97 Å². The van der Waals surface area contributed by atoms with E-state index in [0.717, 1.165) is 28.2 Å².